The van der Waals surface area contributed by atoms with Crippen LogP contribution in [0.4, 0.5) is 16.2 Å². The van der Waals surface area contributed by atoms with Crippen molar-refractivity contribution in [1.29, 1.82) is 5.26 Å². The number of aryl methyl sites for hydroxylation is 1. The number of benzene rings is 3. The van der Waals surface area contributed by atoms with Gasteiger partial charge in [0.1, 0.15) is 0 Å². The minimum atomic E-state index is -0.394. The van der Waals surface area contributed by atoms with E-state index in [9.17, 15) is 10.1 Å². The van der Waals surface area contributed by atoms with Crippen LogP contribution in [0.2, 0.25) is 0 Å². The first-order chi connectivity index (χ1) is 17.5. The van der Waals surface area contributed by atoms with E-state index in [1.54, 1.807) is 0 Å². The van der Waals surface area contributed by atoms with Crippen LogP contribution in [-0.2, 0) is 0 Å². The maximum absolute atomic E-state index is 13.6. The number of amides is 2. The molecule has 1 fully saturated rings. The molecule has 0 spiro atoms. The molecule has 7 heteroatoms. The van der Waals surface area contributed by atoms with Crippen molar-refractivity contribution in [3.63, 3.8) is 0 Å². The Kier molecular flexibility index (Phi) is 8.09. The topological polar surface area (TPSA) is 83.4 Å². The smallest absolute Gasteiger partial charge is 0.322 e. The van der Waals surface area contributed by atoms with E-state index in [-0.39, 0.29) is 12.1 Å². The van der Waals surface area contributed by atoms with Gasteiger partial charge in [0.25, 0.3) is 0 Å². The Labute approximate surface area is 213 Å². The molecule has 36 heavy (non-hydrogen) atoms. The highest BCUT2D eigenvalue weighted by Crippen LogP contribution is 2.29. The second kappa shape index (κ2) is 11.6. The van der Waals surface area contributed by atoms with Crippen molar-refractivity contribution in [2.75, 3.05) is 30.3 Å². The fourth-order valence-electron chi connectivity index (χ4n) is 4.71. The van der Waals surface area contributed by atoms with Gasteiger partial charge in [-0.15, -0.1) is 0 Å². The van der Waals surface area contributed by atoms with Crippen molar-refractivity contribution < 1.29 is 4.79 Å². The van der Waals surface area contributed by atoms with Crippen LogP contribution in [-0.4, -0.2) is 41.8 Å². The Bertz CT molecular complexity index is 1210. The minimum Gasteiger partial charge on any atom is -0.352 e. The molecule has 1 saturated heterocycles. The third-order valence-electron chi connectivity index (χ3n) is 6.69. The number of nitrogens with zero attached hydrogens (tertiary/aromatic N) is 3. The Morgan fingerprint density at radius 2 is 1.61 bits per heavy atom. The van der Waals surface area contributed by atoms with Gasteiger partial charge in [0.05, 0.1) is 6.04 Å². The standard InChI is InChI=1S/C29H34N6O/c1-21(2)24-14-8-10-16-26(24)33-29(36)35-18-17-34(19-27(35)23-12-5-4-6-13-23)28(31-20-30)32-25-15-9-7-11-22(25)3/h4-16,21,27-28,31-32H,17-19H2,1-3H3,(H,33,36). The van der Waals surface area contributed by atoms with E-state index in [2.05, 4.69) is 59.1 Å². The largest absolute Gasteiger partial charge is 0.352 e. The highest BCUT2D eigenvalue weighted by Gasteiger charge is 2.35. The first-order valence-corrected chi connectivity index (χ1v) is 12.4. The molecular weight excluding hydrogens is 448 g/mol. The van der Waals surface area contributed by atoms with Gasteiger partial charge in [0, 0.05) is 31.0 Å². The lowest BCUT2D eigenvalue weighted by atomic mass is 10.0. The molecule has 2 amide bonds. The Balaban J connectivity index is 1.58. The van der Waals surface area contributed by atoms with Gasteiger partial charge in [-0.3, -0.25) is 10.2 Å². The molecule has 2 unspecified atom stereocenters. The summed E-state index contributed by atoms with van der Waals surface area (Å²) in [6.45, 7) is 7.99. The number of nitriles is 1. The molecule has 3 aromatic rings. The summed E-state index contributed by atoms with van der Waals surface area (Å²) in [5, 5.41) is 19.0. The van der Waals surface area contributed by atoms with Crippen molar-refractivity contribution in [3.05, 3.63) is 95.6 Å². The van der Waals surface area contributed by atoms with E-state index >= 15 is 0 Å². The van der Waals surface area contributed by atoms with Crippen LogP contribution in [0.15, 0.2) is 78.9 Å². The van der Waals surface area contributed by atoms with E-state index in [0.717, 1.165) is 28.1 Å². The molecule has 0 aromatic heterocycles. The number of para-hydroxylation sites is 2. The van der Waals surface area contributed by atoms with Gasteiger partial charge in [0.15, 0.2) is 12.5 Å². The Morgan fingerprint density at radius 3 is 2.31 bits per heavy atom. The molecule has 1 aliphatic heterocycles. The summed E-state index contributed by atoms with van der Waals surface area (Å²) in [7, 11) is 0. The number of carbonyl (C=O) groups is 1. The quantitative estimate of drug-likeness (QED) is 0.236. The zero-order valence-electron chi connectivity index (χ0n) is 21.1. The normalized spacial score (nSPS) is 16.8. The van der Waals surface area contributed by atoms with E-state index in [1.165, 1.54) is 0 Å². The SMILES string of the molecule is Cc1ccccc1NC(NC#N)N1CCN(C(=O)Nc2ccccc2C(C)C)C(c2ccccc2)C1. The Morgan fingerprint density at radius 1 is 0.944 bits per heavy atom. The number of carbonyl (C=O) groups excluding carboxylic acids is 1. The summed E-state index contributed by atoms with van der Waals surface area (Å²) >= 11 is 0. The molecule has 3 N–H and O–H groups in total. The summed E-state index contributed by atoms with van der Waals surface area (Å²) < 4.78 is 0. The van der Waals surface area contributed by atoms with Gasteiger partial charge in [-0.05, 0) is 41.7 Å². The average Bonchev–Trinajstić information content (AvgIpc) is 2.90. The van der Waals surface area contributed by atoms with Crippen LogP contribution in [0.25, 0.3) is 0 Å². The fraction of sp³-hybridized carbons (Fsp3) is 0.310. The molecule has 2 atom stereocenters. The minimum absolute atomic E-state index is 0.117. The second-order valence-electron chi connectivity index (χ2n) is 9.40. The van der Waals surface area contributed by atoms with Crippen LogP contribution in [0.1, 0.15) is 42.5 Å². The van der Waals surface area contributed by atoms with Gasteiger partial charge in [-0.2, -0.15) is 5.26 Å². The molecule has 7 nitrogen and oxygen atoms in total. The van der Waals surface area contributed by atoms with Crippen LogP contribution < -0.4 is 16.0 Å². The highest BCUT2D eigenvalue weighted by molar-refractivity contribution is 5.90. The van der Waals surface area contributed by atoms with Gasteiger partial charge in [0.2, 0.25) is 0 Å². The van der Waals surface area contributed by atoms with Crippen molar-refractivity contribution in [1.82, 2.24) is 15.1 Å². The van der Waals surface area contributed by atoms with Crippen LogP contribution in [0.5, 0.6) is 0 Å². The number of hydrogen-bond donors (Lipinski definition) is 3. The third kappa shape index (κ3) is 5.78. The summed E-state index contributed by atoms with van der Waals surface area (Å²) in [6, 6.07) is 25.8. The molecule has 0 bridgehead atoms. The van der Waals surface area contributed by atoms with Crippen LogP contribution in [0.3, 0.4) is 0 Å². The molecule has 4 rings (SSSR count). The van der Waals surface area contributed by atoms with Crippen molar-refractivity contribution in [2.24, 2.45) is 0 Å². The number of urea groups is 1. The molecule has 0 aliphatic carbocycles. The maximum Gasteiger partial charge on any atom is 0.322 e. The van der Waals surface area contributed by atoms with Gasteiger partial charge < -0.3 is 15.5 Å². The fourth-order valence-corrected chi connectivity index (χ4v) is 4.71. The second-order valence-corrected chi connectivity index (χ2v) is 9.40. The Hall–Kier alpha value is -4.02. The van der Waals surface area contributed by atoms with E-state index in [4.69, 9.17) is 0 Å². The summed E-state index contributed by atoms with van der Waals surface area (Å²) in [5.74, 6) is 0.300. The van der Waals surface area contributed by atoms with E-state index in [0.29, 0.717) is 25.6 Å². The number of rotatable bonds is 7. The molecule has 186 valence electrons. The van der Waals surface area contributed by atoms with Crippen molar-refractivity contribution in [2.45, 2.75) is 39.0 Å². The van der Waals surface area contributed by atoms with Gasteiger partial charge in [-0.25, -0.2) is 4.79 Å². The van der Waals surface area contributed by atoms with E-state index < -0.39 is 6.29 Å². The van der Waals surface area contributed by atoms with Gasteiger partial charge >= 0.3 is 6.03 Å². The predicted octanol–water partition coefficient (Wildman–Crippen LogP) is 5.48. The number of hydrogen-bond acceptors (Lipinski definition) is 5. The predicted molar refractivity (Wildman–Crippen MR) is 144 cm³/mol. The summed E-state index contributed by atoms with van der Waals surface area (Å²) in [4.78, 5) is 17.7. The number of nitrogens with one attached hydrogen (secondary N) is 3. The molecule has 0 radical (unpaired) electrons. The lowest BCUT2D eigenvalue weighted by Gasteiger charge is -2.44. The summed E-state index contributed by atoms with van der Waals surface area (Å²) in [5.41, 5.74) is 5.08. The lowest BCUT2D eigenvalue weighted by Crippen LogP contribution is -2.59. The monoisotopic (exact) mass is 482 g/mol. The van der Waals surface area contributed by atoms with E-state index in [1.807, 2.05) is 72.5 Å². The van der Waals surface area contributed by atoms with Crippen molar-refractivity contribution in [3.8, 4) is 6.19 Å². The molecule has 3 aromatic carbocycles. The molecule has 1 heterocycles. The van der Waals surface area contributed by atoms with Gasteiger partial charge in [-0.1, -0.05) is 80.6 Å². The maximum atomic E-state index is 13.6. The average molecular weight is 483 g/mol. The zero-order valence-corrected chi connectivity index (χ0v) is 21.1. The summed E-state index contributed by atoms with van der Waals surface area (Å²) in [6.07, 6.45) is 1.70. The number of anilines is 2. The molecular formula is C29H34N6O. The molecule has 0 saturated carbocycles. The van der Waals surface area contributed by atoms with Crippen LogP contribution in [0, 0.1) is 18.4 Å². The first kappa shape index (κ1) is 25.1. The van der Waals surface area contributed by atoms with Crippen molar-refractivity contribution >= 4 is 17.4 Å². The highest BCUT2D eigenvalue weighted by atomic mass is 16.2. The first-order valence-electron chi connectivity index (χ1n) is 12.4. The third-order valence-corrected chi connectivity index (χ3v) is 6.69. The molecule has 1 aliphatic rings. The lowest BCUT2D eigenvalue weighted by molar-refractivity contribution is 0.0733. The van der Waals surface area contributed by atoms with Crippen LogP contribution >= 0.6 is 0 Å². The zero-order chi connectivity index (χ0) is 25.5. The number of piperazine rings is 1.